The van der Waals surface area contributed by atoms with Gasteiger partial charge in [-0.2, -0.15) is 0 Å². The molecule has 0 saturated heterocycles. The maximum Gasteiger partial charge on any atom is 0.331 e. The van der Waals surface area contributed by atoms with Gasteiger partial charge in [-0.1, -0.05) is 22.0 Å². The van der Waals surface area contributed by atoms with Gasteiger partial charge in [0.1, 0.15) is 5.54 Å². The van der Waals surface area contributed by atoms with Crippen molar-refractivity contribution in [2.45, 2.75) is 37.3 Å². The van der Waals surface area contributed by atoms with Gasteiger partial charge in [0.05, 0.1) is 13.2 Å². The lowest BCUT2D eigenvalue weighted by molar-refractivity contribution is -0.149. The van der Waals surface area contributed by atoms with E-state index in [9.17, 15) is 4.79 Å². The highest BCUT2D eigenvalue weighted by Gasteiger charge is 2.44. The molecule has 1 aromatic rings. The highest BCUT2D eigenvalue weighted by atomic mass is 79.9. The number of ether oxygens (including phenoxy) is 2. The van der Waals surface area contributed by atoms with Crippen molar-refractivity contribution in [3.63, 3.8) is 0 Å². The van der Waals surface area contributed by atoms with Gasteiger partial charge >= 0.3 is 5.97 Å². The second kappa shape index (κ2) is 6.59. The molecule has 1 aromatic carbocycles. The van der Waals surface area contributed by atoms with Crippen LogP contribution in [0.15, 0.2) is 28.7 Å². The number of halogens is 1. The summed E-state index contributed by atoms with van der Waals surface area (Å²) in [6, 6.07) is 7.80. The summed E-state index contributed by atoms with van der Waals surface area (Å²) in [6.07, 6.45) is 3.39. The SMILES string of the molecule is COC(=O)C1(Nc2cccc(Br)c2)CCCC(OC)C1. The number of hydrogen-bond donors (Lipinski definition) is 1. The summed E-state index contributed by atoms with van der Waals surface area (Å²) >= 11 is 3.44. The van der Waals surface area contributed by atoms with Gasteiger partial charge in [0, 0.05) is 23.7 Å². The summed E-state index contributed by atoms with van der Waals surface area (Å²) in [4.78, 5) is 12.3. The molecule has 4 nitrogen and oxygen atoms in total. The molecule has 1 aliphatic carbocycles. The normalized spacial score (nSPS) is 26.1. The number of carbonyl (C=O) groups excluding carboxylic acids is 1. The van der Waals surface area contributed by atoms with E-state index < -0.39 is 5.54 Å². The van der Waals surface area contributed by atoms with E-state index in [-0.39, 0.29) is 12.1 Å². The summed E-state index contributed by atoms with van der Waals surface area (Å²) in [7, 11) is 3.13. The fourth-order valence-corrected chi connectivity index (χ4v) is 3.21. The Morgan fingerprint density at radius 2 is 2.25 bits per heavy atom. The molecular weight excluding hydrogens is 322 g/mol. The summed E-state index contributed by atoms with van der Waals surface area (Å²) in [5, 5.41) is 3.37. The van der Waals surface area contributed by atoms with Crippen LogP contribution in [0.1, 0.15) is 25.7 Å². The largest absolute Gasteiger partial charge is 0.467 e. The molecular formula is C15H20BrNO3. The van der Waals surface area contributed by atoms with Crippen LogP contribution in [0.4, 0.5) is 5.69 Å². The van der Waals surface area contributed by atoms with Gasteiger partial charge in [-0.05, 0) is 37.5 Å². The molecule has 1 saturated carbocycles. The number of esters is 1. The van der Waals surface area contributed by atoms with Crippen molar-refractivity contribution in [1.29, 1.82) is 0 Å². The molecule has 1 aliphatic rings. The maximum atomic E-state index is 12.3. The number of carbonyl (C=O) groups is 1. The number of benzene rings is 1. The number of anilines is 1. The van der Waals surface area contributed by atoms with Crippen LogP contribution in [0.2, 0.25) is 0 Å². The third kappa shape index (κ3) is 3.33. The van der Waals surface area contributed by atoms with Crippen molar-refractivity contribution in [2.24, 2.45) is 0 Å². The maximum absolute atomic E-state index is 12.3. The van der Waals surface area contributed by atoms with Gasteiger partial charge in [-0.15, -0.1) is 0 Å². The average molecular weight is 342 g/mol. The Balaban J connectivity index is 2.25. The van der Waals surface area contributed by atoms with Crippen molar-refractivity contribution in [3.8, 4) is 0 Å². The molecule has 20 heavy (non-hydrogen) atoms. The molecule has 0 aliphatic heterocycles. The predicted octanol–water partition coefficient (Wildman–Crippen LogP) is 3.36. The first-order valence-corrected chi connectivity index (χ1v) is 7.54. The molecule has 0 bridgehead atoms. The Morgan fingerprint density at radius 1 is 1.45 bits per heavy atom. The fourth-order valence-electron chi connectivity index (χ4n) is 2.81. The zero-order valence-electron chi connectivity index (χ0n) is 11.8. The van der Waals surface area contributed by atoms with Crippen LogP contribution in [0, 0.1) is 0 Å². The molecule has 0 spiro atoms. The van der Waals surface area contributed by atoms with Crippen molar-refractivity contribution in [1.82, 2.24) is 0 Å². The van der Waals surface area contributed by atoms with Gasteiger partial charge in [-0.25, -0.2) is 4.79 Å². The van der Waals surface area contributed by atoms with Crippen molar-refractivity contribution >= 4 is 27.6 Å². The van der Waals surface area contributed by atoms with E-state index in [1.165, 1.54) is 7.11 Å². The van der Waals surface area contributed by atoms with Crippen molar-refractivity contribution in [2.75, 3.05) is 19.5 Å². The Kier molecular flexibility index (Phi) is 5.05. The van der Waals surface area contributed by atoms with Gasteiger partial charge in [-0.3, -0.25) is 0 Å². The van der Waals surface area contributed by atoms with Crippen LogP contribution in [-0.4, -0.2) is 31.8 Å². The minimum atomic E-state index is -0.700. The third-order valence-electron chi connectivity index (χ3n) is 3.82. The lowest BCUT2D eigenvalue weighted by atomic mass is 9.79. The lowest BCUT2D eigenvalue weighted by Gasteiger charge is -2.39. The van der Waals surface area contributed by atoms with Crippen LogP contribution < -0.4 is 5.32 Å². The van der Waals surface area contributed by atoms with E-state index in [4.69, 9.17) is 9.47 Å². The molecule has 1 N–H and O–H groups in total. The second-order valence-corrected chi connectivity index (χ2v) is 6.08. The van der Waals surface area contributed by atoms with Crippen LogP contribution in [0.25, 0.3) is 0 Å². The first-order chi connectivity index (χ1) is 9.59. The molecule has 1 fully saturated rings. The fraction of sp³-hybridized carbons (Fsp3) is 0.533. The molecule has 5 heteroatoms. The Hall–Kier alpha value is -1.07. The number of methoxy groups -OCH3 is 2. The number of rotatable bonds is 4. The van der Waals surface area contributed by atoms with E-state index in [1.54, 1.807) is 7.11 Å². The number of nitrogens with one attached hydrogen (secondary N) is 1. The molecule has 2 unspecified atom stereocenters. The van der Waals surface area contributed by atoms with E-state index in [0.29, 0.717) is 6.42 Å². The first-order valence-electron chi connectivity index (χ1n) is 6.74. The van der Waals surface area contributed by atoms with E-state index >= 15 is 0 Å². The van der Waals surface area contributed by atoms with Crippen LogP contribution in [0.5, 0.6) is 0 Å². The molecule has 0 radical (unpaired) electrons. The molecule has 0 amide bonds. The van der Waals surface area contributed by atoms with Crippen LogP contribution >= 0.6 is 15.9 Å². The second-order valence-electron chi connectivity index (χ2n) is 5.16. The molecule has 0 heterocycles. The number of hydrogen-bond acceptors (Lipinski definition) is 4. The van der Waals surface area contributed by atoms with Gasteiger partial charge in [0.15, 0.2) is 0 Å². The Labute approximate surface area is 128 Å². The minimum Gasteiger partial charge on any atom is -0.467 e. The predicted molar refractivity (Wildman–Crippen MR) is 81.8 cm³/mol. The molecule has 110 valence electrons. The van der Waals surface area contributed by atoms with Gasteiger partial charge < -0.3 is 14.8 Å². The molecule has 0 aromatic heterocycles. The van der Waals surface area contributed by atoms with Gasteiger partial charge in [0.25, 0.3) is 0 Å². The lowest BCUT2D eigenvalue weighted by Crippen LogP contribution is -2.52. The Morgan fingerprint density at radius 3 is 2.90 bits per heavy atom. The van der Waals surface area contributed by atoms with Crippen molar-refractivity contribution < 1.29 is 14.3 Å². The van der Waals surface area contributed by atoms with Crippen LogP contribution in [-0.2, 0) is 14.3 Å². The zero-order valence-corrected chi connectivity index (χ0v) is 13.4. The Bertz CT molecular complexity index is 480. The highest BCUT2D eigenvalue weighted by Crippen LogP contribution is 2.34. The zero-order chi connectivity index (χ0) is 14.6. The summed E-state index contributed by atoms with van der Waals surface area (Å²) < 4.78 is 11.4. The smallest absolute Gasteiger partial charge is 0.331 e. The third-order valence-corrected chi connectivity index (χ3v) is 4.32. The molecule has 2 rings (SSSR count). The minimum absolute atomic E-state index is 0.0857. The topological polar surface area (TPSA) is 47.6 Å². The summed E-state index contributed by atoms with van der Waals surface area (Å²) in [6.45, 7) is 0. The van der Waals surface area contributed by atoms with E-state index in [2.05, 4.69) is 21.2 Å². The first kappa shape index (κ1) is 15.3. The molecule has 2 atom stereocenters. The summed E-state index contributed by atoms with van der Waals surface area (Å²) in [5.41, 5.74) is 0.204. The monoisotopic (exact) mass is 341 g/mol. The highest BCUT2D eigenvalue weighted by molar-refractivity contribution is 9.10. The van der Waals surface area contributed by atoms with Crippen molar-refractivity contribution in [3.05, 3.63) is 28.7 Å². The quantitative estimate of drug-likeness (QED) is 0.853. The van der Waals surface area contributed by atoms with Crippen LogP contribution in [0.3, 0.4) is 0 Å². The van der Waals surface area contributed by atoms with E-state index in [1.807, 2.05) is 24.3 Å². The average Bonchev–Trinajstić information content (AvgIpc) is 2.46. The van der Waals surface area contributed by atoms with E-state index in [0.717, 1.165) is 29.4 Å². The summed E-state index contributed by atoms with van der Waals surface area (Å²) in [5.74, 6) is -0.223. The van der Waals surface area contributed by atoms with Gasteiger partial charge in [0.2, 0.25) is 0 Å². The standard InChI is InChI=1S/C15H20BrNO3/c1-19-13-7-4-8-15(10-13,14(18)20-2)17-12-6-3-5-11(16)9-12/h3,5-6,9,13,17H,4,7-8,10H2,1-2H3.